The van der Waals surface area contributed by atoms with E-state index in [0.29, 0.717) is 54.6 Å². The maximum atomic E-state index is 13.3. The van der Waals surface area contributed by atoms with Crippen molar-refractivity contribution >= 4 is 11.8 Å². The van der Waals surface area contributed by atoms with E-state index in [4.69, 9.17) is 4.52 Å². The first kappa shape index (κ1) is 19.8. The normalized spacial score (nSPS) is 16.9. The fraction of sp³-hybridized carbons (Fsp3) is 0.318. The lowest BCUT2D eigenvalue weighted by atomic mass is 10.1. The number of benzene rings is 1. The van der Waals surface area contributed by atoms with Gasteiger partial charge in [0.25, 0.3) is 11.8 Å². The van der Waals surface area contributed by atoms with Crippen LogP contribution in [-0.4, -0.2) is 56.4 Å². The van der Waals surface area contributed by atoms with Gasteiger partial charge < -0.3 is 14.3 Å². The van der Waals surface area contributed by atoms with Gasteiger partial charge in [0.1, 0.15) is 6.04 Å². The molecule has 1 unspecified atom stereocenters. The molecule has 1 aromatic carbocycles. The zero-order chi connectivity index (χ0) is 21.1. The zero-order valence-electron chi connectivity index (χ0n) is 17.0. The topological polar surface area (TPSA) is 92.4 Å². The van der Waals surface area contributed by atoms with Gasteiger partial charge in [0.2, 0.25) is 5.89 Å². The van der Waals surface area contributed by atoms with Crippen molar-refractivity contribution < 1.29 is 14.1 Å². The first-order valence-corrected chi connectivity index (χ1v) is 9.91. The molecule has 1 aliphatic heterocycles. The Bertz CT molecular complexity index is 1050. The number of nitrogens with zero attached hydrogens (tertiary/aromatic N) is 5. The second kappa shape index (κ2) is 8.44. The van der Waals surface area contributed by atoms with E-state index < -0.39 is 6.04 Å². The molecule has 0 N–H and O–H groups in total. The molecule has 0 bridgehead atoms. The van der Waals surface area contributed by atoms with Crippen molar-refractivity contribution in [3.63, 3.8) is 0 Å². The quantitative estimate of drug-likeness (QED) is 0.665. The van der Waals surface area contributed by atoms with Crippen LogP contribution >= 0.6 is 0 Å². The average molecular weight is 405 g/mol. The lowest BCUT2D eigenvalue weighted by Gasteiger charge is -2.27. The number of aryl methyl sites for hydroxylation is 2. The molecule has 0 radical (unpaired) electrons. The largest absolute Gasteiger partial charge is 0.337 e. The molecule has 1 aliphatic rings. The summed E-state index contributed by atoms with van der Waals surface area (Å²) in [4.78, 5) is 38.4. The molecular weight excluding hydrogens is 382 g/mol. The maximum absolute atomic E-state index is 13.3. The average Bonchev–Trinajstić information content (AvgIpc) is 3.07. The van der Waals surface area contributed by atoms with E-state index in [0.717, 1.165) is 0 Å². The molecule has 0 aliphatic carbocycles. The molecule has 0 saturated carbocycles. The minimum Gasteiger partial charge on any atom is -0.337 e. The Morgan fingerprint density at radius 2 is 1.80 bits per heavy atom. The molecule has 30 heavy (non-hydrogen) atoms. The molecule has 1 fully saturated rings. The van der Waals surface area contributed by atoms with Gasteiger partial charge in [-0.15, -0.1) is 0 Å². The summed E-state index contributed by atoms with van der Waals surface area (Å²) in [6.45, 7) is 4.81. The SMILES string of the molecule is Cc1noc(C2CCN(C(=O)c3cccnc3C)CCN2C(=O)c2ccccc2)n1. The molecule has 1 saturated heterocycles. The standard InChI is InChI=1S/C22H23N5O3/c1-15-18(9-6-11-23-15)22(29)26-12-10-19(20-24-16(2)25-30-20)27(14-13-26)21(28)17-7-4-3-5-8-17/h3-9,11,19H,10,12-14H2,1-2H3. The molecule has 0 spiro atoms. The Labute approximate surface area is 174 Å². The highest BCUT2D eigenvalue weighted by Crippen LogP contribution is 2.28. The summed E-state index contributed by atoms with van der Waals surface area (Å²) in [7, 11) is 0. The number of rotatable bonds is 3. The molecule has 3 aromatic rings. The van der Waals surface area contributed by atoms with Gasteiger partial charge in [-0.2, -0.15) is 4.98 Å². The van der Waals surface area contributed by atoms with E-state index in [1.165, 1.54) is 0 Å². The van der Waals surface area contributed by atoms with Crippen LogP contribution in [0.5, 0.6) is 0 Å². The van der Waals surface area contributed by atoms with Gasteiger partial charge >= 0.3 is 0 Å². The smallest absolute Gasteiger partial charge is 0.255 e. The Balaban J connectivity index is 1.62. The van der Waals surface area contributed by atoms with E-state index in [2.05, 4.69) is 15.1 Å². The minimum atomic E-state index is -0.397. The Hall–Kier alpha value is -3.55. The van der Waals surface area contributed by atoms with Crippen LogP contribution in [0.1, 0.15) is 50.6 Å². The lowest BCUT2D eigenvalue weighted by molar-refractivity contribution is 0.0642. The van der Waals surface area contributed by atoms with Crippen molar-refractivity contribution in [3.8, 4) is 0 Å². The number of carbonyl (C=O) groups is 2. The third-order valence-electron chi connectivity index (χ3n) is 5.29. The highest BCUT2D eigenvalue weighted by atomic mass is 16.5. The second-order valence-electron chi connectivity index (χ2n) is 7.28. The van der Waals surface area contributed by atoms with Crippen molar-refractivity contribution in [2.75, 3.05) is 19.6 Å². The summed E-state index contributed by atoms with van der Waals surface area (Å²) < 4.78 is 5.41. The summed E-state index contributed by atoms with van der Waals surface area (Å²) in [6, 6.07) is 12.2. The van der Waals surface area contributed by atoms with Crippen LogP contribution in [0.25, 0.3) is 0 Å². The van der Waals surface area contributed by atoms with Crippen LogP contribution in [0.3, 0.4) is 0 Å². The number of hydrogen-bond donors (Lipinski definition) is 0. The number of amides is 2. The number of hydrogen-bond acceptors (Lipinski definition) is 6. The van der Waals surface area contributed by atoms with E-state index >= 15 is 0 Å². The van der Waals surface area contributed by atoms with Crippen LogP contribution in [0, 0.1) is 13.8 Å². The van der Waals surface area contributed by atoms with Crippen LogP contribution in [-0.2, 0) is 0 Å². The maximum Gasteiger partial charge on any atom is 0.255 e. The molecule has 1 atom stereocenters. The predicted octanol–water partition coefficient (Wildman–Crippen LogP) is 2.81. The molecule has 8 heteroatoms. The van der Waals surface area contributed by atoms with Gasteiger partial charge in [-0.1, -0.05) is 23.4 Å². The van der Waals surface area contributed by atoms with Crippen molar-refractivity contribution in [3.05, 3.63) is 77.2 Å². The molecule has 154 valence electrons. The summed E-state index contributed by atoms with van der Waals surface area (Å²) >= 11 is 0. The van der Waals surface area contributed by atoms with Crippen LogP contribution in [0.2, 0.25) is 0 Å². The van der Waals surface area contributed by atoms with Crippen molar-refractivity contribution in [1.82, 2.24) is 24.9 Å². The Kier molecular flexibility index (Phi) is 5.56. The highest BCUT2D eigenvalue weighted by Gasteiger charge is 2.34. The Morgan fingerprint density at radius 3 is 2.50 bits per heavy atom. The summed E-state index contributed by atoms with van der Waals surface area (Å²) in [5.74, 6) is 0.697. The molecule has 2 amide bonds. The second-order valence-corrected chi connectivity index (χ2v) is 7.28. The van der Waals surface area contributed by atoms with E-state index in [1.54, 1.807) is 47.2 Å². The monoisotopic (exact) mass is 405 g/mol. The molecular formula is C22H23N5O3. The van der Waals surface area contributed by atoms with E-state index in [9.17, 15) is 9.59 Å². The van der Waals surface area contributed by atoms with Crippen molar-refractivity contribution in [2.45, 2.75) is 26.3 Å². The first-order chi connectivity index (χ1) is 14.5. The highest BCUT2D eigenvalue weighted by molar-refractivity contribution is 5.96. The van der Waals surface area contributed by atoms with E-state index in [-0.39, 0.29) is 11.8 Å². The summed E-state index contributed by atoms with van der Waals surface area (Å²) in [6.07, 6.45) is 2.17. The van der Waals surface area contributed by atoms with Crippen LogP contribution in [0.4, 0.5) is 0 Å². The van der Waals surface area contributed by atoms with Gasteiger partial charge in [0.15, 0.2) is 5.82 Å². The van der Waals surface area contributed by atoms with Gasteiger partial charge in [0.05, 0.1) is 5.56 Å². The minimum absolute atomic E-state index is 0.0879. The van der Waals surface area contributed by atoms with Gasteiger partial charge in [-0.05, 0) is 44.5 Å². The predicted molar refractivity (Wildman–Crippen MR) is 109 cm³/mol. The molecule has 8 nitrogen and oxygen atoms in total. The number of pyridine rings is 1. The van der Waals surface area contributed by atoms with Crippen LogP contribution < -0.4 is 0 Å². The molecule has 2 aromatic heterocycles. The zero-order valence-corrected chi connectivity index (χ0v) is 17.0. The summed E-state index contributed by atoms with van der Waals surface area (Å²) in [5.41, 5.74) is 1.85. The van der Waals surface area contributed by atoms with E-state index in [1.807, 2.05) is 25.1 Å². The fourth-order valence-electron chi connectivity index (χ4n) is 3.71. The lowest BCUT2D eigenvalue weighted by Crippen LogP contribution is -2.38. The fourth-order valence-corrected chi connectivity index (χ4v) is 3.71. The molecule has 3 heterocycles. The number of aromatic nitrogens is 3. The van der Waals surface area contributed by atoms with Crippen molar-refractivity contribution in [1.29, 1.82) is 0 Å². The summed E-state index contributed by atoms with van der Waals surface area (Å²) in [5, 5.41) is 3.89. The number of carbonyl (C=O) groups excluding carboxylic acids is 2. The van der Waals surface area contributed by atoms with Gasteiger partial charge in [-0.25, -0.2) is 0 Å². The third kappa shape index (κ3) is 3.94. The third-order valence-corrected chi connectivity index (χ3v) is 5.29. The van der Waals surface area contributed by atoms with Crippen molar-refractivity contribution in [2.24, 2.45) is 0 Å². The van der Waals surface area contributed by atoms with Gasteiger partial charge in [-0.3, -0.25) is 14.6 Å². The Morgan fingerprint density at radius 1 is 1.00 bits per heavy atom. The van der Waals surface area contributed by atoms with Crippen LogP contribution in [0.15, 0.2) is 53.2 Å². The first-order valence-electron chi connectivity index (χ1n) is 9.91. The van der Waals surface area contributed by atoms with Gasteiger partial charge in [0, 0.05) is 37.1 Å². The molecule has 4 rings (SSSR count).